The number of fused-ring (bicyclic) bond motifs is 1. The summed E-state index contributed by atoms with van der Waals surface area (Å²) in [7, 11) is -16.6. The molecule has 0 bridgehead atoms. The van der Waals surface area contributed by atoms with E-state index in [1.165, 1.54) is 36.0 Å². The number of nitrogens with two attached hydrogens (primary N) is 1. The van der Waals surface area contributed by atoms with Crippen molar-refractivity contribution >= 4 is 46.2 Å². The van der Waals surface area contributed by atoms with Crippen LogP contribution in [-0.4, -0.2) is 105 Å². The number of Topliss-reactive ketones (excluding diaryl/α,β-unsaturated/α-hetero) is 1. The van der Waals surface area contributed by atoms with Crippen LogP contribution in [0.25, 0.3) is 11.2 Å². The van der Waals surface area contributed by atoms with Crippen LogP contribution in [0.4, 0.5) is 5.82 Å². The summed E-state index contributed by atoms with van der Waals surface area (Å²) >= 11 is 0. The van der Waals surface area contributed by atoms with E-state index < -0.39 is 85.8 Å². The van der Waals surface area contributed by atoms with E-state index in [4.69, 9.17) is 15.2 Å². The first-order chi connectivity index (χ1) is 22.4. The van der Waals surface area contributed by atoms with Crippen LogP contribution >= 0.6 is 23.5 Å². The number of pyridine rings is 1. The molecule has 0 radical (unpaired) electrons. The molecule has 5 heterocycles. The van der Waals surface area contributed by atoms with Crippen molar-refractivity contribution in [2.24, 2.45) is 0 Å². The van der Waals surface area contributed by atoms with E-state index in [-0.39, 0.29) is 28.3 Å². The summed E-state index contributed by atoms with van der Waals surface area (Å²) in [6, 6.07) is 2.98. The first-order valence-corrected chi connectivity index (χ1v) is 18.0. The van der Waals surface area contributed by atoms with Crippen molar-refractivity contribution in [1.29, 1.82) is 0 Å². The lowest BCUT2D eigenvalue weighted by molar-refractivity contribution is -0.765. The monoisotopic (exact) mass is 742 g/mol. The molecule has 23 nitrogen and oxygen atoms in total. The van der Waals surface area contributed by atoms with Crippen molar-refractivity contribution in [1.82, 2.24) is 19.5 Å². The Morgan fingerprint density at radius 1 is 1.04 bits per heavy atom. The van der Waals surface area contributed by atoms with Gasteiger partial charge in [-0.3, -0.25) is 23.0 Å². The van der Waals surface area contributed by atoms with Crippen LogP contribution in [0, 0.1) is 0 Å². The van der Waals surface area contributed by atoms with E-state index in [9.17, 15) is 53.4 Å². The SMILES string of the molecule is CC(=O)c1ccc[n+]([C@@H]2O[C@H](COP(=O)([O-])OP(=O)(O)OC[C@H]3O[C@@H](n4cnc5c(N)ncnc54)[C@H](OP(=O)(O)O)[C@@H]3O)[C@@H](O)[C@H]2O)c1. The summed E-state index contributed by atoms with van der Waals surface area (Å²) in [4.78, 5) is 64.7. The number of ketones is 1. The first kappa shape index (κ1) is 36.6. The number of imidazole rings is 1. The van der Waals surface area contributed by atoms with E-state index in [1.807, 2.05) is 0 Å². The maximum Gasteiger partial charge on any atom is 0.478 e. The van der Waals surface area contributed by atoms with Crippen LogP contribution < -0.4 is 15.2 Å². The number of hydrogen-bond acceptors (Lipinski definition) is 18. The summed E-state index contributed by atoms with van der Waals surface area (Å²) in [5.41, 5.74) is 6.07. The zero-order valence-electron chi connectivity index (χ0n) is 24.3. The van der Waals surface area contributed by atoms with Gasteiger partial charge >= 0.3 is 15.6 Å². The minimum Gasteiger partial charge on any atom is -0.756 e. The van der Waals surface area contributed by atoms with Crippen molar-refractivity contribution in [2.75, 3.05) is 18.9 Å². The van der Waals surface area contributed by atoms with Crippen molar-refractivity contribution in [3.63, 3.8) is 0 Å². The number of phosphoric acid groups is 3. The molecule has 26 heteroatoms. The van der Waals surface area contributed by atoms with E-state index in [0.717, 1.165) is 17.2 Å². The molecule has 8 N–H and O–H groups in total. The quantitative estimate of drug-likeness (QED) is 0.0544. The van der Waals surface area contributed by atoms with Crippen molar-refractivity contribution < 1.29 is 85.3 Å². The van der Waals surface area contributed by atoms with Crippen LogP contribution in [0.2, 0.25) is 0 Å². The number of aromatic nitrogens is 5. The smallest absolute Gasteiger partial charge is 0.478 e. The molecule has 0 spiro atoms. The molecule has 48 heavy (non-hydrogen) atoms. The number of aliphatic hydroxyl groups excluding tert-OH is 3. The third-order valence-corrected chi connectivity index (χ3v) is 10.2. The molecule has 5 rings (SSSR count). The predicted molar refractivity (Wildman–Crippen MR) is 150 cm³/mol. The number of carbonyl (C=O) groups is 1. The van der Waals surface area contributed by atoms with Gasteiger partial charge in [-0.25, -0.2) is 28.4 Å². The lowest BCUT2D eigenvalue weighted by Gasteiger charge is -2.26. The molecule has 0 saturated carbocycles. The Morgan fingerprint density at radius 3 is 2.42 bits per heavy atom. The Hall–Kier alpha value is -2.66. The summed E-state index contributed by atoms with van der Waals surface area (Å²) in [5, 5.41) is 31.5. The van der Waals surface area contributed by atoms with Crippen molar-refractivity contribution in [3.8, 4) is 0 Å². The van der Waals surface area contributed by atoms with E-state index in [1.54, 1.807) is 0 Å². The number of carbonyl (C=O) groups excluding carboxylic acids is 1. The predicted octanol–water partition coefficient (Wildman–Crippen LogP) is -2.43. The van der Waals surface area contributed by atoms with Gasteiger partial charge in [-0.2, -0.15) is 4.57 Å². The van der Waals surface area contributed by atoms with Crippen LogP contribution in [-0.2, 0) is 41.1 Å². The van der Waals surface area contributed by atoms with Gasteiger partial charge in [0, 0.05) is 6.07 Å². The summed E-state index contributed by atoms with van der Waals surface area (Å²) in [5.74, 6) is -0.358. The van der Waals surface area contributed by atoms with Gasteiger partial charge in [0.05, 0.1) is 25.1 Å². The van der Waals surface area contributed by atoms with Gasteiger partial charge in [-0.1, -0.05) is 0 Å². The zero-order valence-corrected chi connectivity index (χ0v) is 27.0. The van der Waals surface area contributed by atoms with E-state index >= 15 is 0 Å². The second-order valence-corrected chi connectivity index (χ2v) is 14.6. The second kappa shape index (κ2) is 13.9. The highest BCUT2D eigenvalue weighted by Gasteiger charge is 2.51. The molecule has 2 fully saturated rings. The molecule has 10 atom stereocenters. The number of anilines is 1. The van der Waals surface area contributed by atoms with E-state index in [0.29, 0.717) is 0 Å². The van der Waals surface area contributed by atoms with Crippen molar-refractivity contribution in [2.45, 2.75) is 56.0 Å². The number of hydrogen-bond donors (Lipinski definition) is 7. The standard InChI is InChI=1S/C22H29N6O17P3/c1-10(29)11-3-2-4-27(5-11)21-17(32)15(30)12(42-21)6-40-47(36,37)45-48(38,39)41-7-13-16(31)18(44-46(33,34)35)22(43-13)28-9-26-14-19(23)24-8-25-20(14)28/h2-5,8-9,12-13,15-18,21-22,30-32H,6-7H2,1H3,(H5-,23,24,25,33,34,35,36,37,38,39)/t12-,13-,15-,16-,17-,18-,21-,22-/m1/s1. The molecular formula is C22H29N6O17P3. The number of aliphatic hydroxyl groups is 3. The maximum atomic E-state index is 12.5. The number of rotatable bonds is 13. The molecule has 2 unspecified atom stereocenters. The Morgan fingerprint density at radius 2 is 1.73 bits per heavy atom. The molecule has 3 aromatic heterocycles. The van der Waals surface area contributed by atoms with Gasteiger partial charge in [0.15, 0.2) is 42.0 Å². The van der Waals surface area contributed by atoms with Gasteiger partial charge in [0.1, 0.15) is 42.4 Å². The Kier molecular flexibility index (Phi) is 10.6. The minimum atomic E-state index is -5.71. The fourth-order valence-corrected chi connectivity index (χ4v) is 7.49. The van der Waals surface area contributed by atoms with Gasteiger partial charge in [0.2, 0.25) is 0 Å². The fraction of sp³-hybridized carbons (Fsp3) is 0.500. The minimum absolute atomic E-state index is 0.000408. The third kappa shape index (κ3) is 8.20. The highest BCUT2D eigenvalue weighted by atomic mass is 31.3. The van der Waals surface area contributed by atoms with Crippen LogP contribution in [0.1, 0.15) is 29.7 Å². The lowest BCUT2D eigenvalue weighted by atomic mass is 10.1. The van der Waals surface area contributed by atoms with Gasteiger partial charge in [-0.05, 0) is 13.0 Å². The second-order valence-electron chi connectivity index (χ2n) is 10.4. The number of phosphoric ester groups is 3. The molecule has 2 aliphatic heterocycles. The first-order valence-electron chi connectivity index (χ1n) is 13.5. The van der Waals surface area contributed by atoms with Crippen LogP contribution in [0.5, 0.6) is 0 Å². The number of nitrogens with zero attached hydrogens (tertiary/aromatic N) is 5. The summed E-state index contributed by atoms with van der Waals surface area (Å²) in [6.07, 6.45) is -8.22. The molecule has 3 aromatic rings. The maximum absolute atomic E-state index is 12.5. The van der Waals surface area contributed by atoms with Gasteiger partial charge in [0.25, 0.3) is 14.1 Å². The molecule has 2 aliphatic rings. The van der Waals surface area contributed by atoms with Crippen LogP contribution in [0.15, 0.2) is 37.2 Å². The Bertz CT molecular complexity index is 1810. The van der Waals surface area contributed by atoms with Crippen molar-refractivity contribution in [3.05, 3.63) is 42.7 Å². The molecule has 2 saturated heterocycles. The molecule has 264 valence electrons. The third-order valence-electron chi connectivity index (χ3n) is 7.09. The van der Waals surface area contributed by atoms with Gasteiger partial charge < -0.3 is 54.6 Å². The Labute approximate surface area is 268 Å². The largest absolute Gasteiger partial charge is 0.756 e. The summed E-state index contributed by atoms with van der Waals surface area (Å²) in [6.45, 7) is -0.784. The lowest BCUT2D eigenvalue weighted by Crippen LogP contribution is -2.46. The Balaban J connectivity index is 1.21. The average Bonchev–Trinajstić information content (AvgIpc) is 3.64. The zero-order chi connectivity index (χ0) is 35.2. The van der Waals surface area contributed by atoms with E-state index in [2.05, 4.69) is 32.8 Å². The number of nitrogen functional groups attached to an aromatic ring is 1. The highest BCUT2D eigenvalue weighted by Crippen LogP contribution is 2.58. The van der Waals surface area contributed by atoms with Crippen LogP contribution in [0.3, 0.4) is 0 Å². The molecule has 0 amide bonds. The van der Waals surface area contributed by atoms with Gasteiger partial charge in [-0.15, -0.1) is 0 Å². The summed E-state index contributed by atoms with van der Waals surface area (Å²) < 4.78 is 68.1. The normalized spacial score (nSPS) is 30.3. The molecule has 0 aliphatic carbocycles. The number of ether oxygens (including phenoxy) is 2. The fourth-order valence-electron chi connectivity index (χ4n) is 4.89. The highest BCUT2D eigenvalue weighted by molar-refractivity contribution is 7.60. The average molecular weight is 742 g/mol. The topological polar surface area (TPSA) is 342 Å². The molecule has 0 aromatic carbocycles. The molecular weight excluding hydrogens is 713 g/mol.